The van der Waals surface area contributed by atoms with Gasteiger partial charge in [-0.15, -0.1) is 0 Å². The summed E-state index contributed by atoms with van der Waals surface area (Å²) in [6, 6.07) is 6.20. The van der Waals surface area contributed by atoms with Gasteiger partial charge < -0.3 is 20.5 Å². The van der Waals surface area contributed by atoms with Crippen molar-refractivity contribution in [1.82, 2.24) is 9.97 Å². The topological polar surface area (TPSA) is 99.4 Å². The van der Waals surface area contributed by atoms with Gasteiger partial charge in [-0.05, 0) is 72.6 Å². The minimum Gasteiger partial charge on any atom is -0.375 e. The summed E-state index contributed by atoms with van der Waals surface area (Å²) in [4.78, 5) is 21.3. The Labute approximate surface area is 218 Å². The van der Waals surface area contributed by atoms with E-state index < -0.39 is 40.2 Å². The van der Waals surface area contributed by atoms with Crippen molar-refractivity contribution in [2.24, 2.45) is 11.7 Å². The SMILES string of the molecule is COC1(c2cc(F)c(-c3nc(C(=O)Nc4cnccc4[C@@H]4C[C@H](C)C[C@@H](N)C4)ccc3F)c(F)c2)COC1. The first kappa shape index (κ1) is 26.3. The van der Waals surface area contributed by atoms with Gasteiger partial charge in [-0.3, -0.25) is 9.78 Å². The third-order valence-corrected chi connectivity index (χ3v) is 7.47. The highest BCUT2D eigenvalue weighted by atomic mass is 19.1. The number of amides is 1. The first-order valence-corrected chi connectivity index (χ1v) is 12.5. The summed E-state index contributed by atoms with van der Waals surface area (Å²) < 4.78 is 55.6. The number of benzene rings is 1. The summed E-state index contributed by atoms with van der Waals surface area (Å²) in [5.41, 5.74) is 5.43. The molecule has 2 aliphatic rings. The maximum Gasteiger partial charge on any atom is 0.274 e. The van der Waals surface area contributed by atoms with Gasteiger partial charge in [0.1, 0.15) is 34.4 Å². The number of carbonyl (C=O) groups excluding carboxylic acids is 1. The molecule has 3 aromatic rings. The Bertz CT molecular complexity index is 1330. The van der Waals surface area contributed by atoms with Crippen LogP contribution in [0.15, 0.2) is 42.7 Å². The lowest BCUT2D eigenvalue weighted by Gasteiger charge is -2.40. The van der Waals surface area contributed by atoms with Gasteiger partial charge in [0, 0.05) is 19.3 Å². The smallest absolute Gasteiger partial charge is 0.274 e. The van der Waals surface area contributed by atoms with Crippen LogP contribution in [-0.4, -0.2) is 42.2 Å². The average molecular weight is 527 g/mol. The summed E-state index contributed by atoms with van der Waals surface area (Å²) in [7, 11) is 1.42. The summed E-state index contributed by atoms with van der Waals surface area (Å²) in [6.45, 7) is 2.44. The van der Waals surface area contributed by atoms with Crippen LogP contribution < -0.4 is 11.1 Å². The number of halogens is 3. The zero-order valence-electron chi connectivity index (χ0n) is 21.1. The molecule has 1 aromatic carbocycles. The number of pyridine rings is 2. The predicted octanol–water partition coefficient (Wildman–Crippen LogP) is 4.92. The van der Waals surface area contributed by atoms with Gasteiger partial charge in [0.05, 0.1) is 30.7 Å². The number of hydrogen-bond donors (Lipinski definition) is 2. The molecule has 7 nitrogen and oxygen atoms in total. The molecule has 2 fully saturated rings. The first-order chi connectivity index (χ1) is 18.2. The molecule has 3 N–H and O–H groups in total. The molecule has 10 heteroatoms. The van der Waals surface area contributed by atoms with Crippen molar-refractivity contribution in [3.63, 3.8) is 0 Å². The van der Waals surface area contributed by atoms with E-state index in [1.807, 2.05) is 6.07 Å². The van der Waals surface area contributed by atoms with Crippen molar-refractivity contribution in [3.05, 3.63) is 77.0 Å². The van der Waals surface area contributed by atoms with E-state index in [1.165, 1.54) is 19.4 Å². The third-order valence-electron chi connectivity index (χ3n) is 7.47. The number of anilines is 1. The van der Waals surface area contributed by atoms with E-state index >= 15 is 8.78 Å². The largest absolute Gasteiger partial charge is 0.375 e. The highest BCUT2D eigenvalue weighted by Crippen LogP contribution is 2.39. The molecular weight excluding hydrogens is 497 g/mol. The van der Waals surface area contributed by atoms with E-state index in [0.29, 0.717) is 11.6 Å². The normalized spacial score (nSPS) is 22.5. The highest BCUT2D eigenvalue weighted by Gasteiger charge is 2.42. The lowest BCUT2D eigenvalue weighted by atomic mass is 9.76. The zero-order valence-corrected chi connectivity index (χ0v) is 21.1. The van der Waals surface area contributed by atoms with E-state index in [2.05, 4.69) is 22.2 Å². The fraction of sp³-hybridized carbons (Fsp3) is 0.393. The van der Waals surface area contributed by atoms with Crippen LogP contribution in [0, 0.1) is 23.4 Å². The van der Waals surface area contributed by atoms with Gasteiger partial charge in [-0.2, -0.15) is 0 Å². The van der Waals surface area contributed by atoms with Crippen LogP contribution in [-0.2, 0) is 15.1 Å². The fourth-order valence-electron chi connectivity index (χ4n) is 5.46. The molecule has 2 aromatic heterocycles. The van der Waals surface area contributed by atoms with Gasteiger partial charge >= 0.3 is 0 Å². The summed E-state index contributed by atoms with van der Waals surface area (Å²) in [5, 5.41) is 2.79. The second-order valence-corrected chi connectivity index (χ2v) is 10.2. The van der Waals surface area contributed by atoms with Crippen LogP contribution in [0.3, 0.4) is 0 Å². The molecule has 3 atom stereocenters. The maximum absolute atomic E-state index is 15.1. The van der Waals surface area contributed by atoms with Crippen LogP contribution >= 0.6 is 0 Å². The number of ether oxygens (including phenoxy) is 2. The van der Waals surface area contributed by atoms with Crippen LogP contribution in [0.25, 0.3) is 11.3 Å². The summed E-state index contributed by atoms with van der Waals surface area (Å²) in [6.07, 6.45) is 5.84. The Morgan fingerprint density at radius 2 is 1.84 bits per heavy atom. The molecule has 0 spiro atoms. The quantitative estimate of drug-likeness (QED) is 0.473. The van der Waals surface area contributed by atoms with Gasteiger partial charge in [0.25, 0.3) is 5.91 Å². The van der Waals surface area contributed by atoms with Gasteiger partial charge in [-0.25, -0.2) is 18.2 Å². The number of nitrogens with two attached hydrogens (primary N) is 1. The second kappa shape index (κ2) is 10.4. The molecule has 0 bridgehead atoms. The van der Waals surface area contributed by atoms with Crippen LogP contribution in [0.2, 0.25) is 0 Å². The van der Waals surface area contributed by atoms with Gasteiger partial charge in [0.2, 0.25) is 0 Å². The van der Waals surface area contributed by atoms with Crippen molar-refractivity contribution in [2.45, 2.75) is 43.7 Å². The molecule has 200 valence electrons. The molecular formula is C28H29F3N4O3. The maximum atomic E-state index is 15.1. The second-order valence-electron chi connectivity index (χ2n) is 10.2. The molecule has 1 aliphatic carbocycles. The van der Waals surface area contributed by atoms with Crippen molar-refractivity contribution < 1.29 is 27.4 Å². The summed E-state index contributed by atoms with van der Waals surface area (Å²) >= 11 is 0. The van der Waals surface area contributed by atoms with E-state index in [1.54, 1.807) is 6.20 Å². The number of methoxy groups -OCH3 is 1. The lowest BCUT2D eigenvalue weighted by molar-refractivity contribution is -0.202. The highest BCUT2D eigenvalue weighted by molar-refractivity contribution is 6.03. The number of nitrogens with zero attached hydrogens (tertiary/aromatic N) is 2. The van der Waals surface area contributed by atoms with Crippen LogP contribution in [0.5, 0.6) is 0 Å². The predicted molar refractivity (Wildman–Crippen MR) is 135 cm³/mol. The number of aromatic nitrogens is 2. The zero-order chi connectivity index (χ0) is 27.0. The molecule has 3 heterocycles. The van der Waals surface area contributed by atoms with Crippen LogP contribution in [0.4, 0.5) is 18.9 Å². The number of hydrogen-bond acceptors (Lipinski definition) is 6. The molecule has 0 unspecified atom stereocenters. The van der Waals surface area contributed by atoms with Crippen molar-refractivity contribution in [1.29, 1.82) is 0 Å². The Morgan fingerprint density at radius 3 is 2.47 bits per heavy atom. The first-order valence-electron chi connectivity index (χ1n) is 12.5. The fourth-order valence-corrected chi connectivity index (χ4v) is 5.46. The molecule has 5 rings (SSSR count). The molecule has 1 saturated carbocycles. The lowest BCUT2D eigenvalue weighted by Crippen LogP contribution is -2.48. The molecule has 1 aliphatic heterocycles. The standard InChI is InChI=1S/C28H29F3N4O3/c1-15-7-16(9-18(32)8-15)19-5-6-33-12-24(19)35-27(36)23-4-3-20(29)26(34-23)25-21(30)10-17(11-22(25)31)28(37-2)13-38-14-28/h3-6,10-12,15-16,18H,7-9,13-14,32H2,1-2H3,(H,35,36)/t15-,16+,18+/m0/s1. The van der Waals surface area contributed by atoms with E-state index in [4.69, 9.17) is 15.2 Å². The van der Waals surface area contributed by atoms with Gasteiger partial charge in [-0.1, -0.05) is 6.92 Å². The van der Waals surface area contributed by atoms with Crippen molar-refractivity contribution in [3.8, 4) is 11.3 Å². The van der Waals surface area contributed by atoms with E-state index in [0.717, 1.165) is 43.0 Å². The third kappa shape index (κ3) is 4.91. The Hall–Kier alpha value is -3.34. The number of nitrogens with one attached hydrogen (secondary N) is 1. The Balaban J connectivity index is 1.44. The minimum atomic E-state index is -1.02. The summed E-state index contributed by atoms with van der Waals surface area (Å²) in [5.74, 6) is -3.09. The number of carbonyl (C=O) groups is 1. The van der Waals surface area contributed by atoms with Crippen LogP contribution in [0.1, 0.15) is 53.7 Å². The average Bonchev–Trinajstić information content (AvgIpc) is 2.84. The monoisotopic (exact) mass is 526 g/mol. The Kier molecular flexibility index (Phi) is 7.21. The molecule has 38 heavy (non-hydrogen) atoms. The van der Waals surface area contributed by atoms with Gasteiger partial charge in [0.15, 0.2) is 0 Å². The van der Waals surface area contributed by atoms with Crippen molar-refractivity contribution in [2.75, 3.05) is 25.6 Å². The van der Waals surface area contributed by atoms with E-state index in [-0.39, 0.29) is 36.4 Å². The molecule has 0 radical (unpaired) electrons. The Morgan fingerprint density at radius 1 is 1.11 bits per heavy atom. The number of rotatable bonds is 6. The molecule has 1 amide bonds. The molecule has 1 saturated heterocycles. The minimum absolute atomic E-state index is 0.0635. The van der Waals surface area contributed by atoms with Crippen molar-refractivity contribution >= 4 is 11.6 Å². The van der Waals surface area contributed by atoms with E-state index in [9.17, 15) is 9.18 Å².